The van der Waals surface area contributed by atoms with Crippen LogP contribution >= 0.6 is 34.8 Å². The quantitative estimate of drug-likeness (QED) is 0.840. The lowest BCUT2D eigenvalue weighted by Crippen LogP contribution is -2.30. The Morgan fingerprint density at radius 2 is 1.73 bits per heavy atom. The SMILES string of the molecule is CN(CC(=O)Nc1cccc(Cl)c1Cl)Cc1ccccc1Cl. The molecule has 0 aliphatic carbocycles. The van der Waals surface area contributed by atoms with Crippen LogP contribution < -0.4 is 5.32 Å². The van der Waals surface area contributed by atoms with Gasteiger partial charge in [-0.3, -0.25) is 9.69 Å². The van der Waals surface area contributed by atoms with E-state index >= 15 is 0 Å². The maximum Gasteiger partial charge on any atom is 0.238 e. The van der Waals surface area contributed by atoms with Gasteiger partial charge in [0, 0.05) is 11.6 Å². The zero-order valence-electron chi connectivity index (χ0n) is 11.9. The van der Waals surface area contributed by atoms with Crippen molar-refractivity contribution in [2.75, 3.05) is 18.9 Å². The number of amides is 1. The number of benzene rings is 2. The molecule has 0 unspecified atom stereocenters. The normalized spacial score (nSPS) is 10.8. The van der Waals surface area contributed by atoms with Crippen LogP contribution in [0.1, 0.15) is 5.56 Å². The van der Waals surface area contributed by atoms with E-state index in [9.17, 15) is 4.79 Å². The first-order chi connectivity index (χ1) is 10.5. The number of hydrogen-bond donors (Lipinski definition) is 1. The fourth-order valence-electron chi connectivity index (χ4n) is 2.01. The number of anilines is 1. The molecule has 2 rings (SSSR count). The van der Waals surface area contributed by atoms with E-state index in [1.54, 1.807) is 18.2 Å². The van der Waals surface area contributed by atoms with Gasteiger partial charge in [-0.2, -0.15) is 0 Å². The van der Waals surface area contributed by atoms with E-state index in [0.29, 0.717) is 27.3 Å². The first-order valence-electron chi connectivity index (χ1n) is 6.63. The Morgan fingerprint density at radius 3 is 2.45 bits per heavy atom. The van der Waals surface area contributed by atoms with Crippen molar-refractivity contribution < 1.29 is 4.79 Å². The molecule has 1 N–H and O–H groups in total. The second-order valence-corrected chi connectivity index (χ2v) is 6.11. The first-order valence-corrected chi connectivity index (χ1v) is 7.76. The van der Waals surface area contributed by atoms with Crippen LogP contribution in [0.25, 0.3) is 0 Å². The highest BCUT2D eigenvalue weighted by Gasteiger charge is 2.11. The van der Waals surface area contributed by atoms with E-state index in [4.69, 9.17) is 34.8 Å². The molecule has 0 heterocycles. The first kappa shape index (κ1) is 17.1. The Morgan fingerprint density at radius 1 is 1.05 bits per heavy atom. The number of carbonyl (C=O) groups is 1. The molecule has 0 saturated heterocycles. The second-order valence-electron chi connectivity index (χ2n) is 4.91. The third kappa shape index (κ3) is 4.62. The molecule has 2 aromatic rings. The highest BCUT2D eigenvalue weighted by Crippen LogP contribution is 2.29. The van der Waals surface area contributed by atoms with Gasteiger partial charge in [-0.05, 0) is 30.8 Å². The monoisotopic (exact) mass is 356 g/mol. The van der Waals surface area contributed by atoms with E-state index in [1.165, 1.54) is 0 Å². The number of nitrogens with zero attached hydrogens (tertiary/aromatic N) is 1. The van der Waals surface area contributed by atoms with Crippen LogP contribution in [0, 0.1) is 0 Å². The highest BCUT2D eigenvalue weighted by molar-refractivity contribution is 6.44. The zero-order chi connectivity index (χ0) is 16.1. The molecule has 2 aromatic carbocycles. The van der Waals surface area contributed by atoms with Crippen LogP contribution in [-0.2, 0) is 11.3 Å². The summed E-state index contributed by atoms with van der Waals surface area (Å²) in [5, 5.41) is 4.19. The number of carbonyl (C=O) groups excluding carboxylic acids is 1. The summed E-state index contributed by atoms with van der Waals surface area (Å²) in [5.74, 6) is -0.168. The molecule has 0 saturated carbocycles. The van der Waals surface area contributed by atoms with Crippen LogP contribution in [0.15, 0.2) is 42.5 Å². The minimum absolute atomic E-state index is 0.168. The fourth-order valence-corrected chi connectivity index (χ4v) is 2.55. The van der Waals surface area contributed by atoms with Gasteiger partial charge in [0.25, 0.3) is 0 Å². The second kappa shape index (κ2) is 7.84. The lowest BCUT2D eigenvalue weighted by molar-refractivity contribution is -0.117. The van der Waals surface area contributed by atoms with Gasteiger partial charge in [-0.25, -0.2) is 0 Å². The fraction of sp³-hybridized carbons (Fsp3) is 0.188. The molecular formula is C16H15Cl3N2O. The molecule has 0 spiro atoms. The lowest BCUT2D eigenvalue weighted by Gasteiger charge is -2.17. The van der Waals surface area contributed by atoms with E-state index in [1.807, 2.05) is 36.2 Å². The topological polar surface area (TPSA) is 32.3 Å². The molecule has 0 aromatic heterocycles. The Balaban J connectivity index is 1.94. The summed E-state index contributed by atoms with van der Waals surface area (Å²) in [6, 6.07) is 12.7. The number of halogens is 3. The van der Waals surface area contributed by atoms with Gasteiger partial charge in [0.15, 0.2) is 0 Å². The van der Waals surface area contributed by atoms with Gasteiger partial charge in [0.2, 0.25) is 5.91 Å². The molecule has 6 heteroatoms. The number of rotatable bonds is 5. The van der Waals surface area contributed by atoms with Gasteiger partial charge in [-0.15, -0.1) is 0 Å². The van der Waals surface area contributed by atoms with Gasteiger partial charge >= 0.3 is 0 Å². The van der Waals surface area contributed by atoms with Crippen molar-refractivity contribution in [1.82, 2.24) is 4.90 Å². The average molecular weight is 358 g/mol. The average Bonchev–Trinajstić information content (AvgIpc) is 2.46. The molecular weight excluding hydrogens is 343 g/mol. The van der Waals surface area contributed by atoms with Crippen LogP contribution in [0.5, 0.6) is 0 Å². The van der Waals surface area contributed by atoms with Crippen LogP contribution in [0.3, 0.4) is 0 Å². The van der Waals surface area contributed by atoms with Crippen LogP contribution in [-0.4, -0.2) is 24.4 Å². The van der Waals surface area contributed by atoms with Gasteiger partial charge in [0.1, 0.15) is 0 Å². The molecule has 116 valence electrons. The summed E-state index contributed by atoms with van der Waals surface area (Å²) in [6.07, 6.45) is 0. The van der Waals surface area contributed by atoms with Crippen molar-refractivity contribution in [3.05, 3.63) is 63.1 Å². The maximum absolute atomic E-state index is 12.1. The number of likely N-dealkylation sites (N-methyl/N-ethyl adjacent to an activating group) is 1. The molecule has 0 fully saturated rings. The van der Waals surface area contributed by atoms with Crippen molar-refractivity contribution in [2.24, 2.45) is 0 Å². The Kier molecular flexibility index (Phi) is 6.09. The highest BCUT2D eigenvalue weighted by atomic mass is 35.5. The molecule has 0 bridgehead atoms. The smallest absolute Gasteiger partial charge is 0.238 e. The van der Waals surface area contributed by atoms with Gasteiger partial charge < -0.3 is 5.32 Å². The Bertz CT molecular complexity index is 676. The number of hydrogen-bond acceptors (Lipinski definition) is 2. The predicted octanol–water partition coefficient (Wildman–Crippen LogP) is 4.72. The molecule has 0 radical (unpaired) electrons. The predicted molar refractivity (Wildman–Crippen MR) is 92.9 cm³/mol. The molecule has 0 aliphatic heterocycles. The Hall–Kier alpha value is -1.26. The molecule has 3 nitrogen and oxygen atoms in total. The summed E-state index contributed by atoms with van der Waals surface area (Å²) < 4.78 is 0. The molecule has 0 aliphatic rings. The van der Waals surface area contributed by atoms with Crippen LogP contribution in [0.2, 0.25) is 15.1 Å². The third-order valence-corrected chi connectivity index (χ3v) is 4.22. The van der Waals surface area contributed by atoms with Crippen molar-refractivity contribution in [1.29, 1.82) is 0 Å². The maximum atomic E-state index is 12.1. The summed E-state index contributed by atoms with van der Waals surface area (Å²) in [6.45, 7) is 0.796. The van der Waals surface area contributed by atoms with Crippen molar-refractivity contribution in [3.8, 4) is 0 Å². The zero-order valence-corrected chi connectivity index (χ0v) is 14.2. The summed E-state index contributed by atoms with van der Waals surface area (Å²) in [5.41, 5.74) is 1.48. The third-order valence-electron chi connectivity index (χ3n) is 3.04. The van der Waals surface area contributed by atoms with Crippen LogP contribution in [0.4, 0.5) is 5.69 Å². The molecule has 0 atom stereocenters. The summed E-state index contributed by atoms with van der Waals surface area (Å²) >= 11 is 18.1. The lowest BCUT2D eigenvalue weighted by atomic mass is 10.2. The van der Waals surface area contributed by atoms with E-state index in [2.05, 4.69) is 5.32 Å². The van der Waals surface area contributed by atoms with Crippen molar-refractivity contribution in [2.45, 2.75) is 6.54 Å². The van der Waals surface area contributed by atoms with Gasteiger partial charge in [-0.1, -0.05) is 59.1 Å². The Labute approximate surface area is 144 Å². The summed E-state index contributed by atoms with van der Waals surface area (Å²) in [7, 11) is 1.85. The van der Waals surface area contributed by atoms with Gasteiger partial charge in [0.05, 0.1) is 22.3 Å². The molecule has 22 heavy (non-hydrogen) atoms. The van der Waals surface area contributed by atoms with E-state index in [-0.39, 0.29) is 12.5 Å². The van der Waals surface area contributed by atoms with E-state index in [0.717, 1.165) is 5.56 Å². The van der Waals surface area contributed by atoms with Crippen molar-refractivity contribution in [3.63, 3.8) is 0 Å². The molecule has 1 amide bonds. The summed E-state index contributed by atoms with van der Waals surface area (Å²) in [4.78, 5) is 13.9. The minimum atomic E-state index is -0.168. The van der Waals surface area contributed by atoms with Crippen molar-refractivity contribution >= 4 is 46.4 Å². The minimum Gasteiger partial charge on any atom is -0.324 e. The largest absolute Gasteiger partial charge is 0.324 e. The number of nitrogens with one attached hydrogen (secondary N) is 1. The van der Waals surface area contributed by atoms with E-state index < -0.39 is 0 Å². The standard InChI is InChI=1S/C16H15Cl3N2O/c1-21(9-11-5-2-3-6-12(11)17)10-15(22)20-14-8-4-7-13(18)16(14)19/h2-8H,9-10H2,1H3,(H,20,22).